The fraction of sp³-hybridized carbons (Fsp3) is 0.294. The standard InChI is InChI=1S/C17H15Cl2F3N2/c18-11-7-10(8-12(19)9-11)15-5-6-24(16(15)17(20,21)22)14-3-1-13(23)2-4-14/h1-4,7-9,15-16H,5-6,23H2. The third kappa shape index (κ3) is 3.42. The van der Waals surface area contributed by atoms with Gasteiger partial charge >= 0.3 is 6.18 Å². The summed E-state index contributed by atoms with van der Waals surface area (Å²) in [6.07, 6.45) is -4.01. The van der Waals surface area contributed by atoms with Gasteiger partial charge in [0.15, 0.2) is 0 Å². The fourth-order valence-corrected chi connectivity index (χ4v) is 3.83. The number of nitrogens with two attached hydrogens (primary N) is 1. The Labute approximate surface area is 148 Å². The van der Waals surface area contributed by atoms with E-state index >= 15 is 0 Å². The summed E-state index contributed by atoms with van der Waals surface area (Å²) in [6.45, 7) is 0.295. The van der Waals surface area contributed by atoms with Crippen molar-refractivity contribution in [3.63, 3.8) is 0 Å². The summed E-state index contributed by atoms with van der Waals surface area (Å²) >= 11 is 11.9. The maximum absolute atomic E-state index is 13.8. The minimum absolute atomic E-state index is 0.295. The van der Waals surface area contributed by atoms with Crippen LogP contribution >= 0.6 is 23.2 Å². The molecular formula is C17H15Cl2F3N2. The van der Waals surface area contributed by atoms with Crippen molar-refractivity contribution in [1.82, 2.24) is 0 Å². The lowest BCUT2D eigenvalue weighted by atomic mass is 9.91. The van der Waals surface area contributed by atoms with Gasteiger partial charge in [0.2, 0.25) is 0 Å². The normalized spacial score (nSPS) is 21.3. The van der Waals surface area contributed by atoms with Crippen molar-refractivity contribution < 1.29 is 13.2 Å². The highest BCUT2D eigenvalue weighted by atomic mass is 35.5. The zero-order chi connectivity index (χ0) is 17.5. The number of rotatable bonds is 2. The lowest BCUT2D eigenvalue weighted by Gasteiger charge is -2.32. The highest BCUT2D eigenvalue weighted by Gasteiger charge is 2.52. The Morgan fingerprint density at radius 1 is 1.00 bits per heavy atom. The first kappa shape index (κ1) is 17.2. The second kappa shape index (κ2) is 6.37. The Morgan fingerprint density at radius 2 is 1.58 bits per heavy atom. The average molecular weight is 375 g/mol. The Kier molecular flexibility index (Phi) is 4.58. The van der Waals surface area contributed by atoms with E-state index in [1.807, 2.05) is 0 Å². The molecule has 24 heavy (non-hydrogen) atoms. The van der Waals surface area contributed by atoms with Crippen molar-refractivity contribution in [3.8, 4) is 0 Å². The first-order chi connectivity index (χ1) is 11.3. The molecule has 2 aromatic rings. The third-order valence-electron chi connectivity index (χ3n) is 4.27. The number of nitrogen functional groups attached to an aromatic ring is 1. The van der Waals surface area contributed by atoms with Crippen molar-refractivity contribution in [2.24, 2.45) is 0 Å². The van der Waals surface area contributed by atoms with Gasteiger partial charge in [0.25, 0.3) is 0 Å². The molecule has 2 nitrogen and oxygen atoms in total. The van der Waals surface area contributed by atoms with Crippen molar-refractivity contribution in [2.45, 2.75) is 24.6 Å². The van der Waals surface area contributed by atoms with Crippen molar-refractivity contribution in [2.75, 3.05) is 17.2 Å². The smallest absolute Gasteiger partial charge is 0.399 e. The van der Waals surface area contributed by atoms with Gasteiger partial charge in [0, 0.05) is 33.9 Å². The first-order valence-corrected chi connectivity index (χ1v) is 8.16. The van der Waals surface area contributed by atoms with Crippen LogP contribution in [0.2, 0.25) is 10.0 Å². The molecule has 0 amide bonds. The van der Waals surface area contributed by atoms with Crippen LogP contribution < -0.4 is 10.6 Å². The van der Waals surface area contributed by atoms with Gasteiger partial charge in [-0.3, -0.25) is 0 Å². The molecule has 2 N–H and O–H groups in total. The van der Waals surface area contributed by atoms with Gasteiger partial charge in [0.1, 0.15) is 6.04 Å². The Balaban J connectivity index is 2.00. The minimum atomic E-state index is -4.38. The predicted molar refractivity (Wildman–Crippen MR) is 91.9 cm³/mol. The second-order valence-electron chi connectivity index (χ2n) is 5.87. The molecule has 2 aromatic carbocycles. The van der Waals surface area contributed by atoms with E-state index in [4.69, 9.17) is 28.9 Å². The van der Waals surface area contributed by atoms with Gasteiger partial charge in [-0.15, -0.1) is 0 Å². The second-order valence-corrected chi connectivity index (χ2v) is 6.74. The Bertz CT molecular complexity index is 711. The van der Waals surface area contributed by atoms with E-state index in [0.29, 0.717) is 39.9 Å². The predicted octanol–water partition coefficient (Wildman–Crippen LogP) is 5.50. The summed E-state index contributed by atoms with van der Waals surface area (Å²) in [7, 11) is 0. The SMILES string of the molecule is Nc1ccc(N2CCC(c3cc(Cl)cc(Cl)c3)C2C(F)(F)F)cc1. The largest absolute Gasteiger partial charge is 0.409 e. The van der Waals surface area contributed by atoms with E-state index in [1.165, 1.54) is 11.0 Å². The Morgan fingerprint density at radius 3 is 2.12 bits per heavy atom. The third-order valence-corrected chi connectivity index (χ3v) is 4.71. The molecular weight excluding hydrogens is 360 g/mol. The van der Waals surface area contributed by atoms with Crippen LogP contribution in [-0.4, -0.2) is 18.8 Å². The summed E-state index contributed by atoms with van der Waals surface area (Å²) < 4.78 is 41.3. The van der Waals surface area contributed by atoms with Crippen LogP contribution in [-0.2, 0) is 0 Å². The van der Waals surface area contributed by atoms with Crippen molar-refractivity contribution in [3.05, 3.63) is 58.1 Å². The van der Waals surface area contributed by atoms with E-state index in [-0.39, 0.29) is 0 Å². The zero-order valence-corrected chi connectivity index (χ0v) is 14.0. The Hall–Kier alpha value is -1.59. The van der Waals surface area contributed by atoms with Crippen LogP contribution in [0.15, 0.2) is 42.5 Å². The molecule has 0 aliphatic carbocycles. The van der Waals surface area contributed by atoms with E-state index in [1.54, 1.807) is 36.4 Å². The highest BCUT2D eigenvalue weighted by molar-refractivity contribution is 6.34. The molecule has 7 heteroatoms. The quantitative estimate of drug-likeness (QED) is 0.703. The van der Waals surface area contributed by atoms with Crippen LogP contribution in [0.5, 0.6) is 0 Å². The van der Waals surface area contributed by atoms with Crippen molar-refractivity contribution >= 4 is 34.6 Å². The summed E-state index contributed by atoms with van der Waals surface area (Å²) in [6, 6.07) is 9.44. The molecule has 1 aliphatic heterocycles. The fourth-order valence-electron chi connectivity index (χ4n) is 3.29. The average Bonchev–Trinajstić information content (AvgIpc) is 2.92. The van der Waals surface area contributed by atoms with Gasteiger partial charge in [0.05, 0.1) is 0 Å². The number of hydrogen-bond acceptors (Lipinski definition) is 2. The lowest BCUT2D eigenvalue weighted by Crippen LogP contribution is -2.44. The van der Waals surface area contributed by atoms with E-state index in [2.05, 4.69) is 0 Å². The van der Waals surface area contributed by atoms with Gasteiger partial charge in [-0.05, 0) is 54.4 Å². The molecule has 0 bridgehead atoms. The molecule has 3 rings (SSSR count). The molecule has 0 aromatic heterocycles. The number of nitrogens with zero attached hydrogens (tertiary/aromatic N) is 1. The minimum Gasteiger partial charge on any atom is -0.399 e. The van der Waals surface area contributed by atoms with Crippen LogP contribution in [0.3, 0.4) is 0 Å². The van der Waals surface area contributed by atoms with Crippen LogP contribution in [0.4, 0.5) is 24.5 Å². The first-order valence-electron chi connectivity index (χ1n) is 7.40. The van der Waals surface area contributed by atoms with Gasteiger partial charge in [-0.25, -0.2) is 0 Å². The molecule has 2 atom stereocenters. The molecule has 0 radical (unpaired) electrons. The molecule has 0 spiro atoms. The molecule has 2 unspecified atom stereocenters. The van der Waals surface area contributed by atoms with Gasteiger partial charge in [-0.1, -0.05) is 23.2 Å². The van der Waals surface area contributed by atoms with Crippen molar-refractivity contribution in [1.29, 1.82) is 0 Å². The van der Waals surface area contributed by atoms with Gasteiger partial charge < -0.3 is 10.6 Å². The number of halogens is 5. The number of anilines is 2. The number of alkyl halides is 3. The van der Waals surface area contributed by atoms with E-state index in [9.17, 15) is 13.2 Å². The summed E-state index contributed by atoms with van der Waals surface area (Å²) in [5, 5.41) is 0.675. The van der Waals surface area contributed by atoms with Crippen LogP contribution in [0.25, 0.3) is 0 Å². The summed E-state index contributed by atoms with van der Waals surface area (Å²) in [5.41, 5.74) is 7.15. The lowest BCUT2D eigenvalue weighted by molar-refractivity contribution is -0.149. The van der Waals surface area contributed by atoms with Gasteiger partial charge in [-0.2, -0.15) is 13.2 Å². The molecule has 1 fully saturated rings. The highest BCUT2D eigenvalue weighted by Crippen LogP contribution is 2.45. The summed E-state index contributed by atoms with van der Waals surface area (Å²) in [4.78, 5) is 1.37. The number of benzene rings is 2. The zero-order valence-electron chi connectivity index (χ0n) is 12.5. The molecule has 1 heterocycles. The molecule has 1 saturated heterocycles. The topological polar surface area (TPSA) is 29.3 Å². The van der Waals surface area contributed by atoms with Crippen LogP contribution in [0.1, 0.15) is 17.9 Å². The summed E-state index contributed by atoms with van der Waals surface area (Å²) in [5.74, 6) is -0.723. The molecule has 0 saturated carbocycles. The molecule has 1 aliphatic rings. The molecule has 128 valence electrons. The number of hydrogen-bond donors (Lipinski definition) is 1. The van der Waals surface area contributed by atoms with E-state index < -0.39 is 18.1 Å². The van der Waals surface area contributed by atoms with Crippen LogP contribution in [0, 0.1) is 0 Å². The maximum atomic E-state index is 13.8. The monoisotopic (exact) mass is 374 g/mol. The maximum Gasteiger partial charge on any atom is 0.409 e. The van der Waals surface area contributed by atoms with E-state index in [0.717, 1.165) is 0 Å².